The first-order chi connectivity index (χ1) is 9.39. The third-order valence-electron chi connectivity index (χ3n) is 3.87. The molecule has 1 aliphatic rings. The van der Waals surface area contributed by atoms with Gasteiger partial charge in [-0.05, 0) is 52.5 Å². The summed E-state index contributed by atoms with van der Waals surface area (Å²) in [4.78, 5) is 12.4. The van der Waals surface area contributed by atoms with Crippen LogP contribution in [0, 0.1) is 19.8 Å². The predicted molar refractivity (Wildman–Crippen MR) is 77.4 cm³/mol. The van der Waals surface area contributed by atoms with E-state index in [1.165, 1.54) is 7.11 Å². The van der Waals surface area contributed by atoms with E-state index in [1.807, 2.05) is 24.6 Å². The Kier molecular flexibility index (Phi) is 4.18. The van der Waals surface area contributed by atoms with E-state index < -0.39 is 5.54 Å². The molecule has 1 fully saturated rings. The molecule has 20 heavy (non-hydrogen) atoms. The first-order valence-corrected chi connectivity index (χ1v) is 7.26. The second-order valence-electron chi connectivity index (χ2n) is 6.12. The van der Waals surface area contributed by atoms with Crippen LogP contribution >= 0.6 is 0 Å². The van der Waals surface area contributed by atoms with Crippen molar-refractivity contribution in [3.8, 4) is 0 Å². The number of carbonyl (C=O) groups is 1. The highest BCUT2D eigenvalue weighted by molar-refractivity contribution is 5.81. The molecule has 0 bridgehead atoms. The fraction of sp³-hybridized carbons (Fsp3) is 0.733. The Labute approximate surface area is 120 Å². The lowest BCUT2D eigenvalue weighted by molar-refractivity contribution is -0.151. The average Bonchev–Trinajstić information content (AvgIpc) is 3.15. The van der Waals surface area contributed by atoms with E-state index in [0.717, 1.165) is 24.2 Å². The molecule has 1 aromatic heterocycles. The Morgan fingerprint density at radius 3 is 2.60 bits per heavy atom. The molecule has 0 saturated heterocycles. The number of esters is 1. The van der Waals surface area contributed by atoms with E-state index in [4.69, 9.17) is 4.74 Å². The summed E-state index contributed by atoms with van der Waals surface area (Å²) in [6.07, 6.45) is 2.13. The van der Waals surface area contributed by atoms with Gasteiger partial charge in [0.2, 0.25) is 0 Å². The van der Waals surface area contributed by atoms with E-state index >= 15 is 0 Å². The normalized spacial score (nSPS) is 18.1. The minimum Gasteiger partial charge on any atom is -0.468 e. The van der Waals surface area contributed by atoms with Gasteiger partial charge < -0.3 is 4.74 Å². The quantitative estimate of drug-likeness (QED) is 0.807. The number of rotatable bonds is 6. The van der Waals surface area contributed by atoms with Gasteiger partial charge in [0.1, 0.15) is 5.54 Å². The van der Waals surface area contributed by atoms with Crippen LogP contribution in [-0.4, -0.2) is 34.4 Å². The number of aryl methyl sites for hydroxylation is 2. The summed E-state index contributed by atoms with van der Waals surface area (Å²) in [5, 5.41) is 7.95. The summed E-state index contributed by atoms with van der Waals surface area (Å²) in [7, 11) is 1.46. The molecule has 1 heterocycles. The second-order valence-corrected chi connectivity index (χ2v) is 6.12. The molecule has 1 unspecified atom stereocenters. The summed E-state index contributed by atoms with van der Waals surface area (Å²) < 4.78 is 7.01. The van der Waals surface area contributed by atoms with Crippen molar-refractivity contribution >= 4 is 5.97 Å². The van der Waals surface area contributed by atoms with Crippen molar-refractivity contribution in [3.63, 3.8) is 0 Å². The van der Waals surface area contributed by atoms with Crippen molar-refractivity contribution in [1.29, 1.82) is 0 Å². The summed E-state index contributed by atoms with van der Waals surface area (Å²) in [6, 6.07) is 2.25. The van der Waals surface area contributed by atoms with E-state index in [-0.39, 0.29) is 12.0 Å². The van der Waals surface area contributed by atoms with E-state index in [1.54, 1.807) is 0 Å². The van der Waals surface area contributed by atoms with Crippen molar-refractivity contribution < 1.29 is 9.53 Å². The molecule has 112 valence electrons. The van der Waals surface area contributed by atoms with Crippen molar-refractivity contribution in [2.24, 2.45) is 5.92 Å². The predicted octanol–water partition coefficient (Wildman–Crippen LogP) is 1.82. The van der Waals surface area contributed by atoms with Crippen molar-refractivity contribution in [2.45, 2.75) is 58.7 Å². The molecular formula is C15H25N3O2. The van der Waals surface area contributed by atoms with Crippen LogP contribution in [0.3, 0.4) is 0 Å². The van der Waals surface area contributed by atoms with Gasteiger partial charge in [-0.15, -0.1) is 0 Å². The topological polar surface area (TPSA) is 56.2 Å². The van der Waals surface area contributed by atoms with Crippen LogP contribution in [0.4, 0.5) is 0 Å². The third kappa shape index (κ3) is 2.87. The van der Waals surface area contributed by atoms with E-state index in [9.17, 15) is 4.79 Å². The van der Waals surface area contributed by atoms with Gasteiger partial charge in [0.05, 0.1) is 19.3 Å². The number of nitrogens with one attached hydrogen (secondary N) is 1. The lowest BCUT2D eigenvalue weighted by Gasteiger charge is -2.34. The van der Waals surface area contributed by atoms with Crippen LogP contribution in [-0.2, 0) is 16.1 Å². The molecule has 1 saturated carbocycles. The van der Waals surface area contributed by atoms with Crippen LogP contribution in [0.15, 0.2) is 6.07 Å². The summed E-state index contributed by atoms with van der Waals surface area (Å²) >= 11 is 0. The zero-order valence-corrected chi connectivity index (χ0v) is 13.1. The van der Waals surface area contributed by atoms with Gasteiger partial charge in [0.25, 0.3) is 0 Å². The summed E-state index contributed by atoms with van der Waals surface area (Å²) in [6.45, 7) is 8.63. The Bertz CT molecular complexity index is 491. The Balaban J connectivity index is 2.34. The molecule has 5 nitrogen and oxygen atoms in total. The maximum absolute atomic E-state index is 12.4. The van der Waals surface area contributed by atoms with Gasteiger partial charge >= 0.3 is 5.97 Å². The number of ether oxygens (including phenoxy) is 1. The number of aromatic nitrogens is 2. The first kappa shape index (κ1) is 15.0. The highest BCUT2D eigenvalue weighted by atomic mass is 16.5. The molecule has 0 aliphatic heterocycles. The van der Waals surface area contributed by atoms with Crippen LogP contribution in [0.25, 0.3) is 0 Å². The minimum absolute atomic E-state index is 0.179. The number of hydrogen-bond donors (Lipinski definition) is 1. The van der Waals surface area contributed by atoms with Gasteiger partial charge in [-0.3, -0.25) is 10.00 Å². The highest BCUT2D eigenvalue weighted by Crippen LogP contribution is 2.42. The molecule has 1 aliphatic carbocycles. The molecule has 1 N–H and O–H groups in total. The Morgan fingerprint density at radius 2 is 2.20 bits per heavy atom. The monoisotopic (exact) mass is 279 g/mol. The van der Waals surface area contributed by atoms with Crippen molar-refractivity contribution in [3.05, 3.63) is 17.5 Å². The summed E-state index contributed by atoms with van der Waals surface area (Å²) in [5.74, 6) is 0.155. The van der Waals surface area contributed by atoms with Gasteiger partial charge in [-0.1, -0.05) is 0 Å². The minimum atomic E-state index is -0.661. The Morgan fingerprint density at radius 1 is 1.55 bits per heavy atom. The van der Waals surface area contributed by atoms with Gasteiger partial charge in [-0.25, -0.2) is 4.79 Å². The number of methoxy groups -OCH3 is 1. The van der Waals surface area contributed by atoms with Crippen LogP contribution in [0.2, 0.25) is 0 Å². The SMILES string of the molecule is COC(=O)C(Cn1nc(C)cc1C)(NC(C)C)C1CC1. The molecular weight excluding hydrogens is 254 g/mol. The third-order valence-corrected chi connectivity index (χ3v) is 3.87. The van der Waals surface area contributed by atoms with Crippen LogP contribution in [0.1, 0.15) is 38.1 Å². The number of hydrogen-bond acceptors (Lipinski definition) is 4. The number of nitrogens with zero attached hydrogens (tertiary/aromatic N) is 2. The average molecular weight is 279 g/mol. The lowest BCUT2D eigenvalue weighted by Crippen LogP contribution is -2.59. The number of carbonyl (C=O) groups excluding carboxylic acids is 1. The molecule has 0 aromatic carbocycles. The van der Waals surface area contributed by atoms with Gasteiger partial charge in [-0.2, -0.15) is 5.10 Å². The molecule has 0 amide bonds. The largest absolute Gasteiger partial charge is 0.468 e. The zero-order chi connectivity index (χ0) is 14.9. The second kappa shape index (κ2) is 5.56. The standard InChI is InChI=1S/C15H25N3O2/c1-10(2)16-15(13-6-7-13,14(19)20-5)9-18-12(4)8-11(3)17-18/h8,10,13,16H,6-7,9H2,1-5H3. The van der Waals surface area contributed by atoms with Crippen LogP contribution in [0.5, 0.6) is 0 Å². The zero-order valence-electron chi connectivity index (χ0n) is 13.1. The molecule has 5 heteroatoms. The van der Waals surface area contributed by atoms with Crippen molar-refractivity contribution in [1.82, 2.24) is 15.1 Å². The lowest BCUT2D eigenvalue weighted by atomic mass is 9.91. The Hall–Kier alpha value is -1.36. The first-order valence-electron chi connectivity index (χ1n) is 7.26. The van der Waals surface area contributed by atoms with E-state index in [2.05, 4.69) is 24.3 Å². The van der Waals surface area contributed by atoms with E-state index in [0.29, 0.717) is 12.5 Å². The molecule has 1 atom stereocenters. The molecule has 2 rings (SSSR count). The highest BCUT2D eigenvalue weighted by Gasteiger charge is 2.52. The smallest absolute Gasteiger partial charge is 0.328 e. The fourth-order valence-corrected chi connectivity index (χ4v) is 2.93. The maximum Gasteiger partial charge on any atom is 0.328 e. The van der Waals surface area contributed by atoms with Gasteiger partial charge in [0.15, 0.2) is 0 Å². The molecule has 0 radical (unpaired) electrons. The summed E-state index contributed by atoms with van der Waals surface area (Å²) in [5.41, 5.74) is 1.38. The molecule has 1 aromatic rings. The fourth-order valence-electron chi connectivity index (χ4n) is 2.93. The maximum atomic E-state index is 12.4. The molecule has 0 spiro atoms. The van der Waals surface area contributed by atoms with Crippen LogP contribution < -0.4 is 5.32 Å². The van der Waals surface area contributed by atoms with Gasteiger partial charge in [0, 0.05) is 11.7 Å². The van der Waals surface area contributed by atoms with Crippen molar-refractivity contribution in [2.75, 3.05) is 7.11 Å².